The summed E-state index contributed by atoms with van der Waals surface area (Å²) in [4.78, 5) is 22.2. The molecule has 1 aromatic heterocycles. The highest BCUT2D eigenvalue weighted by Crippen LogP contribution is 2.33. The van der Waals surface area contributed by atoms with Crippen LogP contribution >= 0.6 is 23.4 Å². The van der Waals surface area contributed by atoms with Gasteiger partial charge in [-0.15, -0.1) is 11.8 Å². The number of rotatable bonds is 6. The minimum absolute atomic E-state index is 0.0488. The summed E-state index contributed by atoms with van der Waals surface area (Å²) in [6.07, 6.45) is 3.33. The summed E-state index contributed by atoms with van der Waals surface area (Å²) in [5.41, 5.74) is 4.68. The molecule has 6 heteroatoms. The zero-order valence-electron chi connectivity index (χ0n) is 16.5. The van der Waals surface area contributed by atoms with Crippen LogP contribution in [0, 0.1) is 13.8 Å². The van der Waals surface area contributed by atoms with Crippen molar-refractivity contribution in [1.29, 1.82) is 0 Å². The van der Waals surface area contributed by atoms with Crippen LogP contribution in [0.1, 0.15) is 23.6 Å². The van der Waals surface area contributed by atoms with Crippen molar-refractivity contribution >= 4 is 46.9 Å². The molecule has 1 atom stereocenters. The Hall–Kier alpha value is -2.63. The third kappa shape index (κ3) is 5.68. The Balaban J connectivity index is 1.72. The topological polar surface area (TPSA) is 54.4 Å². The van der Waals surface area contributed by atoms with E-state index in [1.54, 1.807) is 12.4 Å². The number of nitrogens with one attached hydrogen (secondary N) is 1. The lowest BCUT2D eigenvalue weighted by atomic mass is 10.1. The molecule has 148 valence electrons. The lowest BCUT2D eigenvalue weighted by Crippen LogP contribution is -2.22. The van der Waals surface area contributed by atoms with Gasteiger partial charge in [-0.05, 0) is 68.3 Å². The first-order valence-corrected chi connectivity index (χ1v) is 10.5. The normalized spacial score (nSPS) is 12.1. The Morgan fingerprint density at radius 2 is 1.93 bits per heavy atom. The zero-order valence-corrected chi connectivity index (χ0v) is 18.1. The molecule has 0 aliphatic rings. The number of aromatic nitrogens is 1. The molecule has 0 bridgehead atoms. The molecule has 0 aliphatic heterocycles. The van der Waals surface area contributed by atoms with Gasteiger partial charge in [-0.2, -0.15) is 0 Å². The molecule has 0 fully saturated rings. The van der Waals surface area contributed by atoms with Gasteiger partial charge in [0, 0.05) is 28.6 Å². The number of aryl methyl sites for hydroxylation is 2. The van der Waals surface area contributed by atoms with Gasteiger partial charge in [-0.25, -0.2) is 4.98 Å². The number of benzene rings is 2. The molecule has 1 heterocycles. The Bertz CT molecular complexity index is 1050. The van der Waals surface area contributed by atoms with E-state index >= 15 is 0 Å². The van der Waals surface area contributed by atoms with Crippen molar-refractivity contribution < 1.29 is 4.79 Å². The van der Waals surface area contributed by atoms with Gasteiger partial charge < -0.3 is 5.32 Å². The molecule has 0 aliphatic carbocycles. The van der Waals surface area contributed by atoms with Crippen molar-refractivity contribution in [3.05, 3.63) is 82.6 Å². The van der Waals surface area contributed by atoms with Gasteiger partial charge >= 0.3 is 0 Å². The third-order valence-corrected chi connectivity index (χ3v) is 5.93. The van der Waals surface area contributed by atoms with Crippen LogP contribution in [0.4, 0.5) is 11.4 Å². The quantitative estimate of drug-likeness (QED) is 0.291. The number of hydrogen-bond donors (Lipinski definition) is 1. The SMILES string of the molecule is Cc1ccc(NC(=O)[C@H](C)Sc2ccccc2N=Cc2cccnc2Cl)cc1C. The second-order valence-electron chi connectivity index (χ2n) is 6.66. The molecule has 1 amide bonds. The summed E-state index contributed by atoms with van der Waals surface area (Å²) < 4.78 is 0. The lowest BCUT2D eigenvalue weighted by molar-refractivity contribution is -0.115. The van der Waals surface area contributed by atoms with Crippen molar-refractivity contribution in [1.82, 2.24) is 4.98 Å². The third-order valence-electron chi connectivity index (χ3n) is 4.44. The van der Waals surface area contributed by atoms with E-state index in [-0.39, 0.29) is 11.2 Å². The number of nitrogens with zero attached hydrogens (tertiary/aromatic N) is 2. The van der Waals surface area contributed by atoms with Crippen LogP contribution in [-0.2, 0) is 4.79 Å². The second-order valence-corrected chi connectivity index (χ2v) is 8.40. The first-order chi connectivity index (χ1) is 13.9. The average Bonchev–Trinajstić information content (AvgIpc) is 2.71. The van der Waals surface area contributed by atoms with Gasteiger partial charge in [0.05, 0.1) is 10.9 Å². The largest absolute Gasteiger partial charge is 0.325 e. The predicted octanol–water partition coefficient (Wildman–Crippen LogP) is 6.22. The molecular formula is C23H22ClN3OS. The van der Waals surface area contributed by atoms with Crippen molar-refractivity contribution in [3.8, 4) is 0 Å². The van der Waals surface area contributed by atoms with Gasteiger partial charge in [0.15, 0.2) is 0 Å². The number of anilines is 1. The molecule has 0 saturated carbocycles. The molecule has 29 heavy (non-hydrogen) atoms. The Morgan fingerprint density at radius 1 is 1.14 bits per heavy atom. The fourth-order valence-electron chi connectivity index (χ4n) is 2.60. The van der Waals surface area contributed by atoms with Crippen LogP contribution in [0.25, 0.3) is 0 Å². The van der Waals surface area contributed by atoms with E-state index in [1.165, 1.54) is 17.3 Å². The summed E-state index contributed by atoms with van der Waals surface area (Å²) in [6, 6.07) is 17.3. The van der Waals surface area contributed by atoms with Crippen LogP contribution in [0.5, 0.6) is 0 Å². The molecule has 2 aromatic carbocycles. The number of hydrogen-bond acceptors (Lipinski definition) is 4. The maximum Gasteiger partial charge on any atom is 0.237 e. The minimum atomic E-state index is -0.282. The maximum absolute atomic E-state index is 12.7. The summed E-state index contributed by atoms with van der Waals surface area (Å²) in [6.45, 7) is 5.97. The Kier molecular flexibility index (Phi) is 7.07. The number of halogens is 1. The van der Waals surface area contributed by atoms with Crippen molar-refractivity contribution in [2.45, 2.75) is 30.9 Å². The number of carbonyl (C=O) groups excluding carboxylic acids is 1. The van der Waals surface area contributed by atoms with E-state index < -0.39 is 0 Å². The summed E-state index contributed by atoms with van der Waals surface area (Å²) >= 11 is 7.56. The first-order valence-electron chi connectivity index (χ1n) is 9.22. The molecule has 4 nitrogen and oxygen atoms in total. The molecule has 0 saturated heterocycles. The highest BCUT2D eigenvalue weighted by atomic mass is 35.5. The number of aliphatic imine (C=N–C) groups is 1. The molecule has 1 N–H and O–H groups in total. The minimum Gasteiger partial charge on any atom is -0.325 e. The van der Waals surface area contributed by atoms with Crippen LogP contribution in [0.3, 0.4) is 0 Å². The van der Waals surface area contributed by atoms with E-state index in [9.17, 15) is 4.79 Å². The standard InChI is InChI=1S/C23H22ClN3OS/c1-15-10-11-19(13-16(15)2)27-23(28)17(3)29-21-9-5-4-8-20(21)26-14-18-7-6-12-25-22(18)24/h4-14,17H,1-3H3,(H,27,28)/t17-/m0/s1. The number of carbonyl (C=O) groups is 1. The second kappa shape index (κ2) is 9.72. The fourth-order valence-corrected chi connectivity index (χ4v) is 3.72. The van der Waals surface area contributed by atoms with Crippen LogP contribution in [0.2, 0.25) is 5.15 Å². The fraction of sp³-hybridized carbons (Fsp3) is 0.174. The monoisotopic (exact) mass is 423 g/mol. The lowest BCUT2D eigenvalue weighted by Gasteiger charge is -2.14. The number of pyridine rings is 1. The van der Waals surface area contributed by atoms with Crippen molar-refractivity contribution in [2.24, 2.45) is 4.99 Å². The number of thioether (sulfide) groups is 1. The van der Waals surface area contributed by atoms with Gasteiger partial charge in [0.1, 0.15) is 5.15 Å². The molecule has 0 spiro atoms. The first kappa shape index (κ1) is 21.1. The van der Waals surface area contributed by atoms with Crippen LogP contribution in [0.15, 0.2) is 70.7 Å². The van der Waals surface area contributed by atoms with Gasteiger partial charge in [0.2, 0.25) is 5.91 Å². The van der Waals surface area contributed by atoms with Crippen molar-refractivity contribution in [3.63, 3.8) is 0 Å². The summed E-state index contributed by atoms with van der Waals surface area (Å²) in [7, 11) is 0. The van der Waals surface area contributed by atoms with E-state index in [2.05, 4.69) is 22.2 Å². The summed E-state index contributed by atoms with van der Waals surface area (Å²) in [5.74, 6) is -0.0488. The van der Waals surface area contributed by atoms with E-state index in [0.717, 1.165) is 27.4 Å². The van der Waals surface area contributed by atoms with Crippen LogP contribution < -0.4 is 5.32 Å². The summed E-state index contributed by atoms with van der Waals surface area (Å²) in [5, 5.41) is 3.11. The van der Waals surface area contributed by atoms with Gasteiger partial charge in [-0.1, -0.05) is 29.8 Å². The maximum atomic E-state index is 12.7. The number of para-hydroxylation sites is 1. The highest BCUT2D eigenvalue weighted by molar-refractivity contribution is 8.00. The highest BCUT2D eigenvalue weighted by Gasteiger charge is 2.16. The van der Waals surface area contributed by atoms with Gasteiger partial charge in [-0.3, -0.25) is 9.79 Å². The van der Waals surface area contributed by atoms with Gasteiger partial charge in [0.25, 0.3) is 0 Å². The molecular weight excluding hydrogens is 402 g/mol. The molecule has 0 radical (unpaired) electrons. The van der Waals surface area contributed by atoms with Crippen molar-refractivity contribution in [2.75, 3.05) is 5.32 Å². The molecule has 0 unspecified atom stereocenters. The Labute approximate surface area is 180 Å². The zero-order chi connectivity index (χ0) is 20.8. The predicted molar refractivity (Wildman–Crippen MR) is 123 cm³/mol. The smallest absolute Gasteiger partial charge is 0.237 e. The van der Waals surface area contributed by atoms with Crippen LogP contribution in [-0.4, -0.2) is 22.4 Å². The Morgan fingerprint density at radius 3 is 2.69 bits per heavy atom. The molecule has 3 rings (SSSR count). The molecule has 3 aromatic rings. The van der Waals surface area contributed by atoms with E-state index in [0.29, 0.717) is 5.15 Å². The van der Waals surface area contributed by atoms with E-state index in [4.69, 9.17) is 11.6 Å². The average molecular weight is 424 g/mol. The van der Waals surface area contributed by atoms with E-state index in [1.807, 2.05) is 68.4 Å². The number of amides is 1.